The van der Waals surface area contributed by atoms with E-state index in [1.807, 2.05) is 0 Å². The van der Waals surface area contributed by atoms with Crippen LogP contribution in [0.4, 0.5) is 22.0 Å². The summed E-state index contributed by atoms with van der Waals surface area (Å²) in [6.07, 6.45) is 0.469. The zero-order chi connectivity index (χ0) is 35.0. The number of sulfonamides is 1. The van der Waals surface area contributed by atoms with Gasteiger partial charge in [0.2, 0.25) is 15.9 Å². The number of allylic oxidation sites excluding steroid dienone is 3. The lowest BCUT2D eigenvalue weighted by Gasteiger charge is -2.40. The maximum absolute atomic E-state index is 14.0. The standard InChI is InChI=1S/C31H35F5N6O4S/c1-4-7-8-25(37)28(38)40-27(5-2)41-17-18-42(47(44,45)24-15-13-23(14-16-24)46-31(34,35)36)26(20-41)29(43)39-19-21-9-11-22(12-10-21)30(32,33)6-3/h4-5,7-16,26H,1-2,6,17-20,37-38H2,3H3,(H,39,43)/b8-7-,28-25-,40-27+. The lowest BCUT2D eigenvalue weighted by atomic mass is 10.0. The number of nitrogens with one attached hydrogen (secondary N) is 1. The summed E-state index contributed by atoms with van der Waals surface area (Å²) in [5.41, 5.74) is 12.3. The van der Waals surface area contributed by atoms with E-state index < -0.39 is 40.0 Å². The fourth-order valence-corrected chi connectivity index (χ4v) is 6.06. The van der Waals surface area contributed by atoms with E-state index in [-0.39, 0.29) is 60.4 Å². The number of nitrogens with two attached hydrogens (primary N) is 2. The summed E-state index contributed by atoms with van der Waals surface area (Å²) in [6, 6.07) is 7.54. The molecule has 0 aliphatic carbocycles. The van der Waals surface area contributed by atoms with Crippen molar-refractivity contribution in [1.82, 2.24) is 14.5 Å². The van der Waals surface area contributed by atoms with Crippen LogP contribution in [-0.2, 0) is 27.3 Å². The normalized spacial score (nSPS) is 17.3. The third-order valence-electron chi connectivity index (χ3n) is 7.03. The van der Waals surface area contributed by atoms with E-state index in [1.54, 1.807) is 11.0 Å². The highest BCUT2D eigenvalue weighted by Crippen LogP contribution is 2.31. The molecule has 3 rings (SSSR count). The highest BCUT2D eigenvalue weighted by molar-refractivity contribution is 7.89. The lowest BCUT2D eigenvalue weighted by Crippen LogP contribution is -2.61. The molecular weight excluding hydrogens is 647 g/mol. The number of carbonyl (C=O) groups is 1. The van der Waals surface area contributed by atoms with Gasteiger partial charge in [0.1, 0.15) is 23.4 Å². The molecule has 0 spiro atoms. The van der Waals surface area contributed by atoms with Crippen LogP contribution in [0, 0.1) is 0 Å². The molecule has 1 aliphatic heterocycles. The second kappa shape index (κ2) is 15.3. The van der Waals surface area contributed by atoms with Crippen LogP contribution in [0.1, 0.15) is 24.5 Å². The van der Waals surface area contributed by atoms with Gasteiger partial charge in [0, 0.05) is 38.2 Å². The Bertz CT molecular complexity index is 1640. The van der Waals surface area contributed by atoms with Crippen molar-refractivity contribution in [2.45, 2.75) is 43.1 Å². The molecule has 254 valence electrons. The van der Waals surface area contributed by atoms with Gasteiger partial charge in [0.25, 0.3) is 5.92 Å². The summed E-state index contributed by atoms with van der Waals surface area (Å²) in [7, 11) is -4.44. The number of halogens is 5. The molecule has 5 N–H and O–H groups in total. The van der Waals surface area contributed by atoms with E-state index in [0.717, 1.165) is 28.6 Å². The van der Waals surface area contributed by atoms with Crippen LogP contribution in [0.2, 0.25) is 0 Å². The molecule has 1 fully saturated rings. The predicted molar refractivity (Wildman–Crippen MR) is 167 cm³/mol. The zero-order valence-corrected chi connectivity index (χ0v) is 26.2. The Labute approximate surface area is 269 Å². The minimum absolute atomic E-state index is 0.0198. The largest absolute Gasteiger partial charge is 0.573 e. The Balaban J connectivity index is 1.93. The predicted octanol–water partition coefficient (Wildman–Crippen LogP) is 4.49. The summed E-state index contributed by atoms with van der Waals surface area (Å²) in [4.78, 5) is 19.1. The molecule has 16 heteroatoms. The monoisotopic (exact) mass is 682 g/mol. The summed E-state index contributed by atoms with van der Waals surface area (Å²) in [5.74, 6) is -4.27. The number of benzene rings is 2. The van der Waals surface area contributed by atoms with Gasteiger partial charge in [-0.1, -0.05) is 56.5 Å². The molecule has 1 aliphatic rings. The number of piperazine rings is 1. The number of rotatable bonds is 12. The highest BCUT2D eigenvalue weighted by Gasteiger charge is 2.41. The minimum Gasteiger partial charge on any atom is -0.406 e. The second-order valence-corrected chi connectivity index (χ2v) is 12.1. The zero-order valence-electron chi connectivity index (χ0n) is 25.4. The molecule has 0 radical (unpaired) electrons. The van der Waals surface area contributed by atoms with E-state index in [4.69, 9.17) is 11.5 Å². The van der Waals surface area contributed by atoms with Gasteiger partial charge in [-0.3, -0.25) is 4.79 Å². The van der Waals surface area contributed by atoms with E-state index >= 15 is 0 Å². The van der Waals surface area contributed by atoms with Gasteiger partial charge in [-0.2, -0.15) is 4.31 Å². The van der Waals surface area contributed by atoms with E-state index in [1.165, 1.54) is 49.4 Å². The number of aliphatic imine (C=N–C) groups is 1. The molecule has 0 saturated carbocycles. The molecule has 1 heterocycles. The SMILES string of the molecule is C=C\C=C/C(N)=C(N)/N=C(\C=C)N1CCN(S(=O)(=O)c2ccc(OC(F)(F)F)cc2)C(C(=O)NCc2ccc(C(F)(F)CC)cc2)C1. The first kappa shape index (κ1) is 36.8. The van der Waals surface area contributed by atoms with E-state index in [0.29, 0.717) is 5.56 Å². The van der Waals surface area contributed by atoms with Gasteiger partial charge in [-0.15, -0.1) is 13.2 Å². The number of carbonyl (C=O) groups excluding carboxylic acids is 1. The lowest BCUT2D eigenvalue weighted by molar-refractivity contribution is -0.274. The molecule has 1 amide bonds. The fourth-order valence-electron chi connectivity index (χ4n) is 4.49. The van der Waals surface area contributed by atoms with Crippen molar-refractivity contribution >= 4 is 21.8 Å². The van der Waals surface area contributed by atoms with Gasteiger partial charge in [0.15, 0.2) is 0 Å². The number of amides is 1. The van der Waals surface area contributed by atoms with Crippen LogP contribution >= 0.6 is 0 Å². The maximum atomic E-state index is 14.0. The third-order valence-corrected chi connectivity index (χ3v) is 8.96. The van der Waals surface area contributed by atoms with Crippen molar-refractivity contribution in [2.75, 3.05) is 19.6 Å². The van der Waals surface area contributed by atoms with Crippen molar-refractivity contribution in [3.8, 4) is 5.75 Å². The first-order valence-electron chi connectivity index (χ1n) is 14.2. The Morgan fingerprint density at radius 2 is 1.70 bits per heavy atom. The molecule has 47 heavy (non-hydrogen) atoms. The van der Waals surface area contributed by atoms with Crippen LogP contribution in [0.3, 0.4) is 0 Å². The fraction of sp³-hybridized carbons (Fsp3) is 0.290. The van der Waals surface area contributed by atoms with Crippen molar-refractivity contribution in [2.24, 2.45) is 16.5 Å². The molecule has 1 saturated heterocycles. The molecular formula is C31H35F5N6O4S. The van der Waals surface area contributed by atoms with E-state index in [2.05, 4.69) is 28.2 Å². The van der Waals surface area contributed by atoms with Gasteiger partial charge < -0.3 is 26.4 Å². The van der Waals surface area contributed by atoms with Crippen molar-refractivity contribution < 1.29 is 39.9 Å². The highest BCUT2D eigenvalue weighted by atomic mass is 32.2. The third kappa shape index (κ3) is 9.65. The van der Waals surface area contributed by atoms with Gasteiger partial charge >= 0.3 is 6.36 Å². The topological polar surface area (TPSA) is 143 Å². The molecule has 2 aromatic rings. The Morgan fingerprint density at radius 1 is 1.06 bits per heavy atom. The van der Waals surface area contributed by atoms with Crippen LogP contribution in [0.25, 0.3) is 0 Å². The van der Waals surface area contributed by atoms with Crippen molar-refractivity contribution in [1.29, 1.82) is 0 Å². The molecule has 0 aromatic heterocycles. The smallest absolute Gasteiger partial charge is 0.406 e. The number of alkyl halides is 5. The Morgan fingerprint density at radius 3 is 2.26 bits per heavy atom. The first-order chi connectivity index (χ1) is 22.0. The summed E-state index contributed by atoms with van der Waals surface area (Å²) >= 11 is 0. The van der Waals surface area contributed by atoms with Crippen LogP contribution in [-0.4, -0.2) is 61.4 Å². The Kier molecular flexibility index (Phi) is 11.9. The van der Waals surface area contributed by atoms with E-state index in [9.17, 15) is 35.2 Å². The van der Waals surface area contributed by atoms with Crippen molar-refractivity contribution in [3.05, 3.63) is 109 Å². The van der Waals surface area contributed by atoms with Gasteiger partial charge in [0.05, 0.1) is 10.6 Å². The maximum Gasteiger partial charge on any atom is 0.573 e. The molecule has 1 unspecified atom stereocenters. The van der Waals surface area contributed by atoms with Gasteiger partial charge in [-0.05, 0) is 42.0 Å². The molecule has 0 bridgehead atoms. The molecule has 2 aromatic carbocycles. The number of amidine groups is 1. The van der Waals surface area contributed by atoms with Crippen LogP contribution < -0.4 is 21.5 Å². The average molecular weight is 683 g/mol. The average Bonchev–Trinajstić information content (AvgIpc) is 3.04. The molecule has 10 nitrogen and oxygen atoms in total. The first-order valence-corrected chi connectivity index (χ1v) is 15.6. The Hall–Kier alpha value is -4.70. The minimum atomic E-state index is -4.98. The number of hydrogen-bond donors (Lipinski definition) is 3. The summed E-state index contributed by atoms with van der Waals surface area (Å²) in [5, 5.41) is 2.65. The number of nitrogens with zero attached hydrogens (tertiary/aromatic N) is 3. The van der Waals surface area contributed by atoms with Crippen LogP contribution in [0.15, 0.2) is 107 Å². The van der Waals surface area contributed by atoms with Crippen molar-refractivity contribution in [3.63, 3.8) is 0 Å². The van der Waals surface area contributed by atoms with Crippen LogP contribution in [0.5, 0.6) is 5.75 Å². The summed E-state index contributed by atoms with van der Waals surface area (Å²) in [6.45, 7) is 8.06. The molecule has 1 atom stereocenters. The quantitative estimate of drug-likeness (QED) is 0.130. The van der Waals surface area contributed by atoms with Gasteiger partial charge in [-0.25, -0.2) is 22.2 Å². The summed E-state index contributed by atoms with van der Waals surface area (Å²) < 4.78 is 98.2. The second-order valence-electron chi connectivity index (χ2n) is 10.2. The number of ether oxygens (including phenoxy) is 1. The number of hydrogen-bond acceptors (Lipinski definition) is 7.